The Kier molecular flexibility index (Phi) is 4.24. The van der Waals surface area contributed by atoms with Crippen molar-refractivity contribution in [3.8, 4) is 5.75 Å². The number of benzene rings is 1. The van der Waals surface area contributed by atoms with Gasteiger partial charge in [0.25, 0.3) is 5.69 Å². The molecule has 0 aliphatic rings. The lowest BCUT2D eigenvalue weighted by molar-refractivity contribution is -0.384. The highest BCUT2D eigenvalue weighted by atomic mass is 16.6. The van der Waals surface area contributed by atoms with E-state index >= 15 is 0 Å². The van der Waals surface area contributed by atoms with Gasteiger partial charge in [0.2, 0.25) is 0 Å². The Morgan fingerprint density at radius 3 is 2.65 bits per heavy atom. The SMILES string of the molecule is CC(N)Nc1ccc(OC(C)O)cc1[N+](=O)[O-]. The van der Waals surface area contributed by atoms with Crippen LogP contribution in [-0.2, 0) is 0 Å². The van der Waals surface area contributed by atoms with Gasteiger partial charge in [0, 0.05) is 0 Å². The van der Waals surface area contributed by atoms with Crippen LogP contribution < -0.4 is 15.8 Å². The molecule has 4 N–H and O–H groups in total. The Balaban J connectivity index is 3.04. The van der Waals surface area contributed by atoms with E-state index in [9.17, 15) is 10.1 Å². The summed E-state index contributed by atoms with van der Waals surface area (Å²) in [5.41, 5.74) is 5.66. The summed E-state index contributed by atoms with van der Waals surface area (Å²) in [5, 5.41) is 22.6. The van der Waals surface area contributed by atoms with Gasteiger partial charge in [0.05, 0.1) is 17.2 Å². The van der Waals surface area contributed by atoms with Gasteiger partial charge >= 0.3 is 0 Å². The van der Waals surface area contributed by atoms with Crippen molar-refractivity contribution in [3.05, 3.63) is 28.3 Å². The first-order valence-electron chi connectivity index (χ1n) is 5.05. The lowest BCUT2D eigenvalue weighted by Gasteiger charge is -2.12. The number of nitro groups is 1. The molecule has 0 spiro atoms. The van der Waals surface area contributed by atoms with E-state index in [4.69, 9.17) is 15.6 Å². The Morgan fingerprint density at radius 1 is 1.53 bits per heavy atom. The van der Waals surface area contributed by atoms with Gasteiger partial charge in [-0.1, -0.05) is 0 Å². The maximum Gasteiger partial charge on any atom is 0.296 e. The van der Waals surface area contributed by atoms with Gasteiger partial charge in [-0.2, -0.15) is 0 Å². The molecule has 94 valence electrons. The zero-order chi connectivity index (χ0) is 13.0. The number of hydrogen-bond acceptors (Lipinski definition) is 6. The molecule has 0 heterocycles. The van der Waals surface area contributed by atoms with Gasteiger partial charge in [-0.05, 0) is 26.0 Å². The molecule has 0 aliphatic heterocycles. The fraction of sp³-hybridized carbons (Fsp3) is 0.400. The number of hydrogen-bond donors (Lipinski definition) is 3. The van der Waals surface area contributed by atoms with Crippen molar-refractivity contribution in [2.45, 2.75) is 26.3 Å². The monoisotopic (exact) mass is 241 g/mol. The number of nitrogens with two attached hydrogens (primary N) is 1. The summed E-state index contributed by atoms with van der Waals surface area (Å²) in [5.74, 6) is 0.224. The van der Waals surface area contributed by atoms with E-state index in [1.807, 2.05) is 0 Å². The van der Waals surface area contributed by atoms with Gasteiger partial charge in [-0.3, -0.25) is 10.1 Å². The molecule has 2 atom stereocenters. The second-order valence-electron chi connectivity index (χ2n) is 3.59. The molecule has 7 nitrogen and oxygen atoms in total. The van der Waals surface area contributed by atoms with Crippen LogP contribution in [0, 0.1) is 10.1 Å². The summed E-state index contributed by atoms with van der Waals surface area (Å²) in [6, 6.07) is 4.24. The van der Waals surface area contributed by atoms with Crippen molar-refractivity contribution < 1.29 is 14.8 Å². The second-order valence-corrected chi connectivity index (χ2v) is 3.59. The number of anilines is 1. The molecule has 0 bridgehead atoms. The van der Waals surface area contributed by atoms with E-state index in [0.717, 1.165) is 0 Å². The molecule has 1 aromatic carbocycles. The fourth-order valence-corrected chi connectivity index (χ4v) is 1.30. The molecule has 1 aromatic rings. The van der Waals surface area contributed by atoms with Crippen molar-refractivity contribution in [2.24, 2.45) is 5.73 Å². The quantitative estimate of drug-likeness (QED) is 0.403. The van der Waals surface area contributed by atoms with Crippen molar-refractivity contribution in [1.82, 2.24) is 0 Å². The molecule has 0 aliphatic carbocycles. The Bertz CT molecular complexity index is 407. The van der Waals surface area contributed by atoms with E-state index in [2.05, 4.69) is 5.32 Å². The van der Waals surface area contributed by atoms with Crippen LogP contribution in [0.2, 0.25) is 0 Å². The number of nitrogens with one attached hydrogen (secondary N) is 1. The van der Waals surface area contributed by atoms with Crippen LogP contribution in [0.3, 0.4) is 0 Å². The maximum absolute atomic E-state index is 10.8. The first-order chi connectivity index (χ1) is 7.90. The lowest BCUT2D eigenvalue weighted by Crippen LogP contribution is -2.25. The Labute approximate surface area is 98.3 Å². The van der Waals surface area contributed by atoms with E-state index in [0.29, 0.717) is 5.69 Å². The first kappa shape index (κ1) is 13.2. The number of nitrogens with zero attached hydrogens (tertiary/aromatic N) is 1. The van der Waals surface area contributed by atoms with E-state index in [1.54, 1.807) is 6.92 Å². The van der Waals surface area contributed by atoms with Crippen LogP contribution >= 0.6 is 0 Å². The third-order valence-electron chi connectivity index (χ3n) is 1.86. The predicted octanol–water partition coefficient (Wildman–Crippen LogP) is 1.03. The highest BCUT2D eigenvalue weighted by Gasteiger charge is 2.16. The predicted molar refractivity (Wildman–Crippen MR) is 62.7 cm³/mol. The molecular formula is C10H15N3O4. The highest BCUT2D eigenvalue weighted by Crippen LogP contribution is 2.29. The van der Waals surface area contributed by atoms with Crippen LogP contribution in [-0.4, -0.2) is 22.5 Å². The van der Waals surface area contributed by atoms with Gasteiger partial charge in [0.15, 0.2) is 6.29 Å². The van der Waals surface area contributed by atoms with Gasteiger partial charge in [-0.25, -0.2) is 0 Å². The molecule has 1 rings (SSSR count). The molecule has 0 radical (unpaired) electrons. The normalized spacial score (nSPS) is 13.9. The minimum atomic E-state index is -1.03. The summed E-state index contributed by atoms with van der Waals surface area (Å²) in [6.07, 6.45) is -1.43. The van der Waals surface area contributed by atoms with Gasteiger partial charge in [-0.15, -0.1) is 0 Å². The number of aliphatic hydroxyl groups is 1. The van der Waals surface area contributed by atoms with E-state index in [-0.39, 0.29) is 11.4 Å². The molecular weight excluding hydrogens is 226 g/mol. The summed E-state index contributed by atoms with van der Waals surface area (Å²) < 4.78 is 4.96. The van der Waals surface area contributed by atoms with Crippen molar-refractivity contribution in [1.29, 1.82) is 0 Å². The summed E-state index contributed by atoms with van der Waals surface area (Å²) in [7, 11) is 0. The Morgan fingerprint density at radius 2 is 2.18 bits per heavy atom. The third-order valence-corrected chi connectivity index (χ3v) is 1.86. The van der Waals surface area contributed by atoms with Crippen LogP contribution in [0.1, 0.15) is 13.8 Å². The lowest BCUT2D eigenvalue weighted by atomic mass is 10.2. The van der Waals surface area contributed by atoms with Crippen LogP contribution in [0.5, 0.6) is 5.75 Å². The van der Waals surface area contributed by atoms with Crippen molar-refractivity contribution in [3.63, 3.8) is 0 Å². The minimum absolute atomic E-state index is 0.152. The summed E-state index contributed by atoms with van der Waals surface area (Å²) >= 11 is 0. The molecule has 17 heavy (non-hydrogen) atoms. The average Bonchev–Trinajstić information content (AvgIpc) is 2.18. The third kappa shape index (κ3) is 3.89. The molecule has 0 amide bonds. The topological polar surface area (TPSA) is 111 Å². The van der Waals surface area contributed by atoms with Crippen molar-refractivity contribution in [2.75, 3.05) is 5.32 Å². The molecule has 2 unspecified atom stereocenters. The molecule has 0 saturated heterocycles. The smallest absolute Gasteiger partial charge is 0.296 e. The Hall–Kier alpha value is -1.86. The highest BCUT2D eigenvalue weighted by molar-refractivity contribution is 5.64. The van der Waals surface area contributed by atoms with E-state index in [1.165, 1.54) is 25.1 Å². The summed E-state index contributed by atoms with van der Waals surface area (Å²) in [6.45, 7) is 3.09. The van der Waals surface area contributed by atoms with E-state index < -0.39 is 17.4 Å². The molecule has 0 fully saturated rings. The van der Waals surface area contributed by atoms with Crippen molar-refractivity contribution >= 4 is 11.4 Å². The number of rotatable bonds is 5. The van der Waals surface area contributed by atoms with Crippen LogP contribution in [0.15, 0.2) is 18.2 Å². The number of nitro benzene ring substituents is 1. The minimum Gasteiger partial charge on any atom is -0.465 e. The fourth-order valence-electron chi connectivity index (χ4n) is 1.30. The number of ether oxygens (including phenoxy) is 1. The molecule has 7 heteroatoms. The summed E-state index contributed by atoms with van der Waals surface area (Å²) in [4.78, 5) is 10.3. The zero-order valence-electron chi connectivity index (χ0n) is 9.58. The zero-order valence-corrected chi connectivity index (χ0v) is 9.58. The second kappa shape index (κ2) is 5.46. The molecule has 0 saturated carbocycles. The van der Waals surface area contributed by atoms with Gasteiger partial charge in [0.1, 0.15) is 11.4 Å². The number of aliphatic hydroxyl groups excluding tert-OH is 1. The van der Waals surface area contributed by atoms with Crippen LogP contribution in [0.25, 0.3) is 0 Å². The standard InChI is InChI=1S/C10H15N3O4/c1-6(11)12-9-4-3-8(17-7(2)14)5-10(9)13(15)16/h3-7,12,14H,11H2,1-2H3. The van der Waals surface area contributed by atoms with Gasteiger partial charge < -0.3 is 20.9 Å². The largest absolute Gasteiger partial charge is 0.465 e. The molecule has 0 aromatic heterocycles. The average molecular weight is 241 g/mol. The first-order valence-corrected chi connectivity index (χ1v) is 5.05. The van der Waals surface area contributed by atoms with Crippen LogP contribution in [0.4, 0.5) is 11.4 Å². The maximum atomic E-state index is 10.8.